The SMILES string of the molecule is CCCC(C#N)C(=O)N1CCC(N2CCCCC2)C1. The van der Waals surface area contributed by atoms with E-state index in [1.54, 1.807) is 0 Å². The van der Waals surface area contributed by atoms with Gasteiger partial charge in [0.15, 0.2) is 0 Å². The maximum Gasteiger partial charge on any atom is 0.239 e. The molecule has 0 saturated carbocycles. The Morgan fingerprint density at radius 3 is 2.68 bits per heavy atom. The number of hydrogen-bond donors (Lipinski definition) is 0. The monoisotopic (exact) mass is 263 g/mol. The molecular weight excluding hydrogens is 238 g/mol. The maximum absolute atomic E-state index is 12.3. The molecule has 0 spiro atoms. The van der Waals surface area contributed by atoms with E-state index in [0.29, 0.717) is 12.5 Å². The predicted molar refractivity (Wildman–Crippen MR) is 74.4 cm³/mol. The number of amides is 1. The lowest BCUT2D eigenvalue weighted by Gasteiger charge is -2.32. The van der Waals surface area contributed by atoms with E-state index in [4.69, 9.17) is 5.26 Å². The molecule has 2 heterocycles. The van der Waals surface area contributed by atoms with Gasteiger partial charge in [0.25, 0.3) is 0 Å². The first-order valence-corrected chi connectivity index (χ1v) is 7.68. The number of rotatable bonds is 4. The molecule has 0 N–H and O–H groups in total. The summed E-state index contributed by atoms with van der Waals surface area (Å²) in [6, 6.07) is 2.70. The third kappa shape index (κ3) is 3.48. The molecule has 2 atom stereocenters. The van der Waals surface area contributed by atoms with E-state index in [-0.39, 0.29) is 5.91 Å². The highest BCUT2D eigenvalue weighted by molar-refractivity contribution is 5.81. The zero-order chi connectivity index (χ0) is 13.7. The fourth-order valence-corrected chi connectivity index (χ4v) is 3.28. The Morgan fingerprint density at radius 1 is 1.32 bits per heavy atom. The molecule has 0 bridgehead atoms. The molecular formula is C15H25N3O. The molecule has 0 radical (unpaired) electrons. The molecule has 0 aliphatic carbocycles. The first kappa shape index (κ1) is 14.3. The lowest BCUT2D eigenvalue weighted by Crippen LogP contribution is -2.42. The van der Waals surface area contributed by atoms with Crippen molar-refractivity contribution in [3.05, 3.63) is 0 Å². The van der Waals surface area contributed by atoms with E-state index in [2.05, 4.69) is 11.0 Å². The van der Waals surface area contributed by atoms with Crippen LogP contribution in [0.2, 0.25) is 0 Å². The molecule has 0 aromatic rings. The molecule has 106 valence electrons. The van der Waals surface area contributed by atoms with Gasteiger partial charge in [0.2, 0.25) is 5.91 Å². The van der Waals surface area contributed by atoms with Crippen LogP contribution in [0.25, 0.3) is 0 Å². The van der Waals surface area contributed by atoms with Crippen molar-refractivity contribution in [2.24, 2.45) is 5.92 Å². The quantitative estimate of drug-likeness (QED) is 0.779. The van der Waals surface area contributed by atoms with Gasteiger partial charge >= 0.3 is 0 Å². The summed E-state index contributed by atoms with van der Waals surface area (Å²) < 4.78 is 0. The summed E-state index contributed by atoms with van der Waals surface area (Å²) in [5.41, 5.74) is 0. The van der Waals surface area contributed by atoms with Crippen LogP contribution in [-0.2, 0) is 4.79 Å². The summed E-state index contributed by atoms with van der Waals surface area (Å²) in [5.74, 6) is -0.367. The standard InChI is InChI=1S/C15H25N3O/c1-2-6-13(11-16)15(19)18-10-7-14(12-18)17-8-4-3-5-9-17/h13-14H,2-10,12H2,1H3. The van der Waals surface area contributed by atoms with Crippen molar-refractivity contribution in [2.75, 3.05) is 26.2 Å². The summed E-state index contributed by atoms with van der Waals surface area (Å²) in [6.45, 7) is 6.06. The van der Waals surface area contributed by atoms with E-state index in [1.807, 2.05) is 11.8 Å². The Morgan fingerprint density at radius 2 is 2.05 bits per heavy atom. The Balaban J connectivity index is 1.86. The van der Waals surface area contributed by atoms with Gasteiger partial charge in [-0.1, -0.05) is 19.8 Å². The molecule has 4 heteroatoms. The van der Waals surface area contributed by atoms with Crippen LogP contribution in [0.4, 0.5) is 0 Å². The van der Waals surface area contributed by atoms with Gasteiger partial charge in [0.05, 0.1) is 6.07 Å². The Labute approximate surface area is 116 Å². The van der Waals surface area contributed by atoms with Crippen molar-refractivity contribution in [3.63, 3.8) is 0 Å². The summed E-state index contributed by atoms with van der Waals surface area (Å²) in [7, 11) is 0. The van der Waals surface area contributed by atoms with Gasteiger partial charge in [0.1, 0.15) is 5.92 Å². The molecule has 19 heavy (non-hydrogen) atoms. The lowest BCUT2D eigenvalue weighted by atomic mass is 10.0. The van der Waals surface area contributed by atoms with Crippen molar-refractivity contribution in [1.82, 2.24) is 9.80 Å². The topological polar surface area (TPSA) is 47.3 Å². The number of carbonyl (C=O) groups excluding carboxylic acids is 1. The summed E-state index contributed by atoms with van der Waals surface area (Å²) in [5, 5.41) is 9.09. The van der Waals surface area contributed by atoms with E-state index in [9.17, 15) is 4.79 Å². The Hall–Kier alpha value is -1.08. The molecule has 0 aromatic heterocycles. The van der Waals surface area contributed by atoms with Crippen LogP contribution in [0.3, 0.4) is 0 Å². The minimum atomic E-state index is -0.426. The zero-order valence-electron chi connectivity index (χ0n) is 12.0. The van der Waals surface area contributed by atoms with Gasteiger partial charge in [-0.05, 0) is 38.8 Å². The fraction of sp³-hybridized carbons (Fsp3) is 0.867. The third-order valence-electron chi connectivity index (χ3n) is 4.41. The molecule has 0 aromatic carbocycles. The van der Waals surface area contributed by atoms with Crippen LogP contribution in [0, 0.1) is 17.2 Å². The molecule has 2 fully saturated rings. The highest BCUT2D eigenvalue weighted by Crippen LogP contribution is 2.22. The number of carbonyl (C=O) groups is 1. The van der Waals surface area contributed by atoms with Crippen LogP contribution >= 0.6 is 0 Å². The molecule has 2 rings (SSSR count). The maximum atomic E-state index is 12.3. The van der Waals surface area contributed by atoms with Crippen molar-refractivity contribution in [3.8, 4) is 6.07 Å². The molecule has 2 aliphatic rings. The fourth-order valence-electron chi connectivity index (χ4n) is 3.28. The smallest absolute Gasteiger partial charge is 0.239 e. The van der Waals surface area contributed by atoms with Crippen molar-refractivity contribution >= 4 is 5.91 Å². The van der Waals surface area contributed by atoms with Gasteiger partial charge < -0.3 is 4.90 Å². The highest BCUT2D eigenvalue weighted by atomic mass is 16.2. The van der Waals surface area contributed by atoms with Crippen LogP contribution in [0.15, 0.2) is 0 Å². The first-order valence-electron chi connectivity index (χ1n) is 7.68. The van der Waals surface area contributed by atoms with E-state index in [1.165, 1.54) is 32.4 Å². The molecule has 1 amide bonds. The second kappa shape index (κ2) is 6.91. The minimum absolute atomic E-state index is 0.0591. The van der Waals surface area contributed by atoms with E-state index < -0.39 is 5.92 Å². The van der Waals surface area contributed by atoms with Gasteiger partial charge in [-0.2, -0.15) is 5.26 Å². The second-order valence-corrected chi connectivity index (χ2v) is 5.79. The molecule has 2 saturated heterocycles. The van der Waals surface area contributed by atoms with Gasteiger partial charge in [0, 0.05) is 19.1 Å². The van der Waals surface area contributed by atoms with Gasteiger partial charge in [-0.25, -0.2) is 0 Å². The number of likely N-dealkylation sites (tertiary alicyclic amines) is 2. The summed E-state index contributed by atoms with van der Waals surface area (Å²) in [6.07, 6.45) is 6.60. The average Bonchev–Trinajstić information content (AvgIpc) is 2.95. The summed E-state index contributed by atoms with van der Waals surface area (Å²) in [4.78, 5) is 16.7. The van der Waals surface area contributed by atoms with Gasteiger partial charge in [-0.15, -0.1) is 0 Å². The minimum Gasteiger partial charge on any atom is -0.340 e. The van der Waals surface area contributed by atoms with Crippen LogP contribution in [0.5, 0.6) is 0 Å². The second-order valence-electron chi connectivity index (χ2n) is 5.79. The molecule has 2 unspecified atom stereocenters. The van der Waals surface area contributed by atoms with Crippen molar-refractivity contribution in [1.29, 1.82) is 5.26 Å². The van der Waals surface area contributed by atoms with E-state index in [0.717, 1.165) is 25.9 Å². The summed E-state index contributed by atoms with van der Waals surface area (Å²) >= 11 is 0. The highest BCUT2D eigenvalue weighted by Gasteiger charge is 2.33. The number of nitrogens with zero attached hydrogens (tertiary/aromatic N) is 3. The number of piperidine rings is 1. The average molecular weight is 263 g/mol. The van der Waals surface area contributed by atoms with Crippen LogP contribution < -0.4 is 0 Å². The van der Waals surface area contributed by atoms with Gasteiger partial charge in [-0.3, -0.25) is 9.69 Å². The number of hydrogen-bond acceptors (Lipinski definition) is 3. The normalized spacial score (nSPS) is 26.1. The molecule has 2 aliphatic heterocycles. The van der Waals surface area contributed by atoms with Crippen LogP contribution in [-0.4, -0.2) is 47.9 Å². The zero-order valence-corrected chi connectivity index (χ0v) is 12.0. The van der Waals surface area contributed by atoms with Crippen molar-refractivity contribution in [2.45, 2.75) is 51.5 Å². The lowest BCUT2D eigenvalue weighted by molar-refractivity contribution is -0.133. The molecule has 4 nitrogen and oxygen atoms in total. The Kier molecular flexibility index (Phi) is 5.21. The van der Waals surface area contributed by atoms with Crippen molar-refractivity contribution < 1.29 is 4.79 Å². The van der Waals surface area contributed by atoms with E-state index >= 15 is 0 Å². The first-order chi connectivity index (χ1) is 9.26. The van der Waals surface area contributed by atoms with Crippen LogP contribution in [0.1, 0.15) is 45.4 Å². The predicted octanol–water partition coefficient (Wildman–Crippen LogP) is 2.01. The Bertz CT molecular complexity index is 344. The largest absolute Gasteiger partial charge is 0.340 e. The third-order valence-corrected chi connectivity index (χ3v) is 4.41. The number of nitriles is 1.